The molecule has 0 spiro atoms. The van der Waals surface area contributed by atoms with E-state index in [-0.39, 0.29) is 17.6 Å². The third kappa shape index (κ3) is 3.82. The second-order valence-corrected chi connectivity index (χ2v) is 6.55. The Hall–Kier alpha value is -2.96. The number of esters is 1. The van der Waals surface area contributed by atoms with Crippen molar-refractivity contribution in [2.45, 2.75) is 20.3 Å². The average molecular weight is 354 g/mol. The highest BCUT2D eigenvalue weighted by atomic mass is 16.5. The van der Waals surface area contributed by atoms with Crippen LogP contribution >= 0.6 is 0 Å². The van der Waals surface area contributed by atoms with E-state index in [1.54, 1.807) is 31.2 Å². The number of rotatable bonds is 5. The van der Waals surface area contributed by atoms with Crippen molar-refractivity contribution in [2.75, 3.05) is 29.9 Å². The first-order chi connectivity index (χ1) is 12.5. The summed E-state index contributed by atoms with van der Waals surface area (Å²) < 4.78 is 5.17. The Labute approximate surface area is 152 Å². The maximum Gasteiger partial charge on any atom is 0.313 e. The molecule has 7 nitrogen and oxygen atoms in total. The van der Waals surface area contributed by atoms with Crippen molar-refractivity contribution in [1.82, 2.24) is 10.2 Å². The average Bonchev–Trinajstić information content (AvgIpc) is 3.06. The van der Waals surface area contributed by atoms with E-state index in [0.717, 1.165) is 0 Å². The molecule has 1 saturated heterocycles. The predicted octanol–water partition coefficient (Wildman–Crippen LogP) is 2.51. The number of hydrogen-bond acceptors (Lipinski definition) is 6. The topological polar surface area (TPSA) is 84.4 Å². The molecule has 0 radical (unpaired) electrons. The minimum absolute atomic E-state index is 0.186. The Morgan fingerprint density at radius 2 is 1.96 bits per heavy atom. The van der Waals surface area contributed by atoms with Crippen LogP contribution in [0.4, 0.5) is 11.5 Å². The van der Waals surface area contributed by atoms with Gasteiger partial charge in [-0.05, 0) is 44.5 Å². The number of hydrogen-bond donors (Lipinski definition) is 1. The summed E-state index contributed by atoms with van der Waals surface area (Å²) in [7, 11) is 0. The first-order valence-electron chi connectivity index (χ1n) is 8.64. The molecule has 136 valence electrons. The summed E-state index contributed by atoms with van der Waals surface area (Å²) in [4.78, 5) is 26.3. The van der Waals surface area contributed by atoms with Crippen molar-refractivity contribution in [3.8, 4) is 0 Å². The second kappa shape index (κ2) is 7.51. The van der Waals surface area contributed by atoms with E-state index in [1.165, 1.54) is 0 Å². The van der Waals surface area contributed by atoms with Crippen LogP contribution in [0.2, 0.25) is 0 Å². The third-order valence-corrected chi connectivity index (χ3v) is 4.48. The molecule has 26 heavy (non-hydrogen) atoms. The number of benzene rings is 1. The number of anilines is 2. The molecule has 0 aliphatic carbocycles. The van der Waals surface area contributed by atoms with Gasteiger partial charge in [0.05, 0.1) is 12.0 Å². The fraction of sp³-hybridized carbons (Fsp3) is 0.368. The van der Waals surface area contributed by atoms with E-state index in [2.05, 4.69) is 15.5 Å². The minimum Gasteiger partial charge on any atom is -0.466 e. The van der Waals surface area contributed by atoms with Gasteiger partial charge in [-0.2, -0.15) is 0 Å². The van der Waals surface area contributed by atoms with Crippen LogP contribution in [0.5, 0.6) is 0 Å². The van der Waals surface area contributed by atoms with Gasteiger partial charge in [-0.3, -0.25) is 9.59 Å². The highest BCUT2D eigenvalue weighted by Gasteiger charge is 2.42. The van der Waals surface area contributed by atoms with Gasteiger partial charge in [0, 0.05) is 18.8 Å². The van der Waals surface area contributed by atoms with Gasteiger partial charge in [0.1, 0.15) is 0 Å². The fourth-order valence-electron chi connectivity index (χ4n) is 2.96. The van der Waals surface area contributed by atoms with Crippen LogP contribution in [-0.2, 0) is 9.53 Å². The van der Waals surface area contributed by atoms with Crippen LogP contribution in [0.15, 0.2) is 42.5 Å². The molecule has 1 fully saturated rings. The Morgan fingerprint density at radius 1 is 1.19 bits per heavy atom. The van der Waals surface area contributed by atoms with Gasteiger partial charge in [0.15, 0.2) is 11.5 Å². The van der Waals surface area contributed by atoms with Gasteiger partial charge in [-0.1, -0.05) is 18.2 Å². The molecule has 1 atom stereocenters. The number of nitrogens with zero attached hydrogens (tertiary/aromatic N) is 3. The van der Waals surface area contributed by atoms with Crippen molar-refractivity contribution in [3.63, 3.8) is 0 Å². The first kappa shape index (κ1) is 17.8. The van der Waals surface area contributed by atoms with Crippen molar-refractivity contribution >= 4 is 23.4 Å². The Balaban J connectivity index is 1.65. The number of nitrogens with one attached hydrogen (secondary N) is 1. The lowest BCUT2D eigenvalue weighted by molar-refractivity contribution is -0.153. The predicted molar refractivity (Wildman–Crippen MR) is 98.0 cm³/mol. The van der Waals surface area contributed by atoms with E-state index >= 15 is 0 Å². The van der Waals surface area contributed by atoms with Gasteiger partial charge in [0.2, 0.25) is 0 Å². The summed E-state index contributed by atoms with van der Waals surface area (Å²) in [5.74, 6) is 0.150. The van der Waals surface area contributed by atoms with E-state index in [1.807, 2.05) is 30.0 Å². The van der Waals surface area contributed by atoms with Gasteiger partial charge in [0.25, 0.3) is 5.91 Å². The Bertz CT molecular complexity index is 779. The second-order valence-electron chi connectivity index (χ2n) is 6.55. The van der Waals surface area contributed by atoms with E-state index in [9.17, 15) is 9.59 Å². The van der Waals surface area contributed by atoms with E-state index < -0.39 is 5.41 Å². The summed E-state index contributed by atoms with van der Waals surface area (Å²) >= 11 is 0. The molecular formula is C19H22N4O3. The molecule has 1 N–H and O–H groups in total. The van der Waals surface area contributed by atoms with Crippen LogP contribution in [-0.4, -0.2) is 41.8 Å². The summed E-state index contributed by atoms with van der Waals surface area (Å²) in [5, 5.41) is 11.0. The van der Waals surface area contributed by atoms with E-state index in [4.69, 9.17) is 4.74 Å². The number of carbonyl (C=O) groups is 2. The third-order valence-electron chi connectivity index (χ3n) is 4.48. The van der Waals surface area contributed by atoms with Crippen LogP contribution in [0.1, 0.15) is 30.8 Å². The quantitative estimate of drug-likeness (QED) is 0.831. The monoisotopic (exact) mass is 354 g/mol. The van der Waals surface area contributed by atoms with E-state index in [0.29, 0.717) is 37.6 Å². The molecule has 1 aliphatic rings. The molecule has 1 aromatic carbocycles. The molecule has 0 saturated carbocycles. The zero-order valence-corrected chi connectivity index (χ0v) is 14.9. The van der Waals surface area contributed by atoms with Crippen molar-refractivity contribution in [2.24, 2.45) is 5.41 Å². The summed E-state index contributed by atoms with van der Waals surface area (Å²) in [6, 6.07) is 12.6. The number of para-hydroxylation sites is 1. The highest BCUT2D eigenvalue weighted by molar-refractivity contribution is 6.02. The van der Waals surface area contributed by atoms with Crippen molar-refractivity contribution < 1.29 is 14.3 Å². The van der Waals surface area contributed by atoms with Crippen LogP contribution in [0.3, 0.4) is 0 Å². The molecule has 0 bridgehead atoms. The lowest BCUT2D eigenvalue weighted by atomic mass is 9.90. The minimum atomic E-state index is -0.541. The highest BCUT2D eigenvalue weighted by Crippen LogP contribution is 2.33. The van der Waals surface area contributed by atoms with Crippen LogP contribution in [0, 0.1) is 5.41 Å². The SMILES string of the molecule is CCOC(=O)C1(C)CCN(c2ccc(C(=O)Nc3ccccc3)nn2)C1. The molecular weight excluding hydrogens is 332 g/mol. The van der Waals surface area contributed by atoms with Gasteiger partial charge >= 0.3 is 5.97 Å². The van der Waals surface area contributed by atoms with Crippen molar-refractivity contribution in [1.29, 1.82) is 0 Å². The van der Waals surface area contributed by atoms with Crippen LogP contribution < -0.4 is 10.2 Å². The molecule has 2 heterocycles. The zero-order chi connectivity index (χ0) is 18.6. The molecule has 1 amide bonds. The number of carbonyl (C=O) groups excluding carboxylic acids is 2. The molecule has 1 aromatic heterocycles. The lowest BCUT2D eigenvalue weighted by Crippen LogP contribution is -2.34. The smallest absolute Gasteiger partial charge is 0.313 e. The largest absolute Gasteiger partial charge is 0.466 e. The summed E-state index contributed by atoms with van der Waals surface area (Å²) in [6.07, 6.45) is 0.698. The summed E-state index contributed by atoms with van der Waals surface area (Å²) in [6.45, 7) is 5.30. The summed E-state index contributed by atoms with van der Waals surface area (Å²) in [5.41, 5.74) is 0.402. The molecule has 1 aliphatic heterocycles. The fourth-order valence-corrected chi connectivity index (χ4v) is 2.96. The standard InChI is InChI=1S/C19H22N4O3/c1-3-26-18(25)19(2)11-12-23(13-19)16-10-9-15(21-22-16)17(24)20-14-7-5-4-6-8-14/h4-10H,3,11-13H2,1-2H3,(H,20,24). The number of ether oxygens (including phenoxy) is 1. The Kier molecular flexibility index (Phi) is 5.16. The Morgan fingerprint density at radius 3 is 2.62 bits per heavy atom. The number of aromatic nitrogens is 2. The van der Waals surface area contributed by atoms with Crippen LogP contribution in [0.25, 0.3) is 0 Å². The molecule has 7 heteroatoms. The molecule has 2 aromatic rings. The first-order valence-corrected chi connectivity index (χ1v) is 8.64. The normalized spacial score (nSPS) is 19.2. The van der Waals surface area contributed by atoms with Crippen molar-refractivity contribution in [3.05, 3.63) is 48.2 Å². The number of amides is 1. The van der Waals surface area contributed by atoms with Gasteiger partial charge < -0.3 is 15.0 Å². The lowest BCUT2D eigenvalue weighted by Gasteiger charge is -2.22. The van der Waals surface area contributed by atoms with Gasteiger partial charge in [-0.25, -0.2) is 0 Å². The molecule has 1 unspecified atom stereocenters. The molecule has 3 rings (SSSR count). The maximum atomic E-state index is 12.2. The maximum absolute atomic E-state index is 12.2. The zero-order valence-electron chi connectivity index (χ0n) is 14.9. The van der Waals surface area contributed by atoms with Gasteiger partial charge in [-0.15, -0.1) is 10.2 Å².